The van der Waals surface area contributed by atoms with Crippen LogP contribution in [-0.2, 0) is 6.42 Å². The predicted octanol–water partition coefficient (Wildman–Crippen LogP) is 3.86. The Labute approximate surface area is 101 Å². The molecule has 0 spiro atoms. The second-order valence-electron chi connectivity index (χ2n) is 3.69. The van der Waals surface area contributed by atoms with Crippen LogP contribution in [0.1, 0.15) is 5.56 Å². The topological polar surface area (TPSA) is 13.6 Å². The van der Waals surface area contributed by atoms with E-state index >= 15 is 0 Å². The monoisotopic (exact) mass is 223 g/mol. The molecule has 0 heterocycles. The summed E-state index contributed by atoms with van der Waals surface area (Å²) in [6, 6.07) is 17.4. The quantitative estimate of drug-likeness (QED) is 0.717. The number of nitrogens with zero attached hydrogens (tertiary/aromatic N) is 1. The summed E-state index contributed by atoms with van der Waals surface area (Å²) in [7, 11) is 0. The zero-order valence-electron chi connectivity index (χ0n) is 9.47. The minimum Gasteiger partial charge on any atom is -0.493 e. The van der Waals surface area contributed by atoms with Crippen LogP contribution < -0.4 is 4.74 Å². The Morgan fingerprint density at radius 3 is 2.29 bits per heavy atom. The first-order valence-corrected chi connectivity index (χ1v) is 5.53. The van der Waals surface area contributed by atoms with Crippen LogP contribution in [0.5, 0.6) is 5.75 Å². The number of benzene rings is 2. The van der Waals surface area contributed by atoms with Crippen LogP contribution in [0, 0.1) is 6.57 Å². The molecule has 2 aromatic carbocycles. The summed E-state index contributed by atoms with van der Waals surface area (Å²) in [5, 5.41) is 0. The normalized spacial score (nSPS) is 9.59. The van der Waals surface area contributed by atoms with Crippen molar-refractivity contribution in [1.82, 2.24) is 0 Å². The van der Waals surface area contributed by atoms with Crippen molar-refractivity contribution in [2.75, 3.05) is 6.61 Å². The number of rotatable bonds is 4. The minimum atomic E-state index is 0.639. The van der Waals surface area contributed by atoms with Gasteiger partial charge in [0, 0.05) is 6.42 Å². The standard InChI is InChI=1S/C15H13NO/c1-16-14-7-9-15(10-8-14)17-12-11-13-5-3-2-4-6-13/h2-10H,11-12H2. The van der Waals surface area contributed by atoms with Gasteiger partial charge in [0.25, 0.3) is 0 Å². The van der Waals surface area contributed by atoms with Crippen LogP contribution in [0.15, 0.2) is 54.6 Å². The molecule has 84 valence electrons. The third-order valence-electron chi connectivity index (χ3n) is 2.47. The molecule has 0 aromatic heterocycles. The van der Waals surface area contributed by atoms with Gasteiger partial charge in [-0.2, -0.15) is 0 Å². The fraction of sp³-hybridized carbons (Fsp3) is 0.133. The second kappa shape index (κ2) is 5.72. The molecule has 0 bridgehead atoms. The molecular formula is C15H13NO. The van der Waals surface area contributed by atoms with Gasteiger partial charge in [-0.3, -0.25) is 0 Å². The van der Waals surface area contributed by atoms with Crippen LogP contribution in [-0.4, -0.2) is 6.61 Å². The van der Waals surface area contributed by atoms with Crippen LogP contribution in [0.4, 0.5) is 5.69 Å². The first-order valence-electron chi connectivity index (χ1n) is 5.53. The first-order chi connectivity index (χ1) is 8.38. The fourth-order valence-corrected chi connectivity index (χ4v) is 1.55. The van der Waals surface area contributed by atoms with E-state index in [9.17, 15) is 0 Å². The molecule has 0 radical (unpaired) electrons. The molecule has 0 N–H and O–H groups in total. The molecule has 0 aliphatic heterocycles. The highest BCUT2D eigenvalue weighted by atomic mass is 16.5. The van der Waals surface area contributed by atoms with E-state index in [-0.39, 0.29) is 0 Å². The number of ether oxygens (including phenoxy) is 1. The van der Waals surface area contributed by atoms with Crippen LogP contribution in [0.25, 0.3) is 4.85 Å². The molecule has 0 atom stereocenters. The van der Waals surface area contributed by atoms with Crippen molar-refractivity contribution in [2.45, 2.75) is 6.42 Å². The maximum Gasteiger partial charge on any atom is 0.187 e. The summed E-state index contributed by atoms with van der Waals surface area (Å²) < 4.78 is 5.61. The first kappa shape index (κ1) is 11.2. The molecule has 0 fully saturated rings. The fourth-order valence-electron chi connectivity index (χ4n) is 1.55. The highest BCUT2D eigenvalue weighted by molar-refractivity contribution is 5.46. The summed E-state index contributed by atoms with van der Waals surface area (Å²) in [6.07, 6.45) is 0.894. The van der Waals surface area contributed by atoms with Crippen LogP contribution in [0.3, 0.4) is 0 Å². The molecule has 2 nitrogen and oxygen atoms in total. The molecule has 0 aliphatic carbocycles. The largest absolute Gasteiger partial charge is 0.493 e. The zero-order chi connectivity index (χ0) is 11.9. The Kier molecular flexibility index (Phi) is 3.77. The summed E-state index contributed by atoms with van der Waals surface area (Å²) in [5.74, 6) is 0.813. The van der Waals surface area contributed by atoms with Crippen molar-refractivity contribution in [2.24, 2.45) is 0 Å². The van der Waals surface area contributed by atoms with Crippen LogP contribution >= 0.6 is 0 Å². The summed E-state index contributed by atoms with van der Waals surface area (Å²) in [4.78, 5) is 3.33. The lowest BCUT2D eigenvalue weighted by Crippen LogP contribution is -2.00. The molecule has 0 amide bonds. The van der Waals surface area contributed by atoms with Gasteiger partial charge in [0.05, 0.1) is 13.2 Å². The van der Waals surface area contributed by atoms with Crippen LogP contribution in [0.2, 0.25) is 0 Å². The maximum atomic E-state index is 6.85. The highest BCUT2D eigenvalue weighted by Crippen LogP contribution is 2.17. The van der Waals surface area contributed by atoms with E-state index in [0.29, 0.717) is 12.3 Å². The minimum absolute atomic E-state index is 0.639. The van der Waals surface area contributed by atoms with E-state index in [2.05, 4.69) is 17.0 Å². The van der Waals surface area contributed by atoms with Gasteiger partial charge >= 0.3 is 0 Å². The van der Waals surface area contributed by atoms with Gasteiger partial charge in [-0.15, -0.1) is 0 Å². The van der Waals surface area contributed by atoms with Crippen molar-refractivity contribution >= 4 is 5.69 Å². The van der Waals surface area contributed by atoms with Crippen molar-refractivity contribution in [3.05, 3.63) is 71.6 Å². The molecule has 0 unspecified atom stereocenters. The Morgan fingerprint density at radius 1 is 0.941 bits per heavy atom. The lowest BCUT2D eigenvalue weighted by Gasteiger charge is -2.06. The van der Waals surface area contributed by atoms with E-state index in [1.807, 2.05) is 30.3 Å². The van der Waals surface area contributed by atoms with Gasteiger partial charge in [0.15, 0.2) is 5.69 Å². The van der Waals surface area contributed by atoms with E-state index < -0.39 is 0 Å². The number of hydrogen-bond acceptors (Lipinski definition) is 1. The number of hydrogen-bond donors (Lipinski definition) is 0. The summed E-state index contributed by atoms with van der Waals surface area (Å²) >= 11 is 0. The Balaban J connectivity index is 1.84. The highest BCUT2D eigenvalue weighted by Gasteiger charge is 1.95. The average Bonchev–Trinajstić information content (AvgIpc) is 2.41. The van der Waals surface area contributed by atoms with Gasteiger partial charge in [-0.1, -0.05) is 42.5 Å². The van der Waals surface area contributed by atoms with Gasteiger partial charge in [0.2, 0.25) is 0 Å². The molecule has 2 aromatic rings. The summed E-state index contributed by atoms with van der Waals surface area (Å²) in [6.45, 7) is 7.50. The molecular weight excluding hydrogens is 210 g/mol. The Hall–Kier alpha value is -2.27. The van der Waals surface area contributed by atoms with Gasteiger partial charge in [0.1, 0.15) is 5.75 Å². The zero-order valence-corrected chi connectivity index (χ0v) is 9.47. The van der Waals surface area contributed by atoms with Crippen molar-refractivity contribution in [3.63, 3.8) is 0 Å². The smallest absolute Gasteiger partial charge is 0.187 e. The maximum absolute atomic E-state index is 6.85. The summed E-state index contributed by atoms with van der Waals surface area (Å²) in [5.41, 5.74) is 1.91. The second-order valence-corrected chi connectivity index (χ2v) is 3.69. The van der Waals surface area contributed by atoms with Crippen molar-refractivity contribution in [1.29, 1.82) is 0 Å². The molecule has 2 rings (SSSR count). The molecule has 17 heavy (non-hydrogen) atoms. The Bertz CT molecular complexity index is 497. The molecule has 2 heteroatoms. The SMILES string of the molecule is [C-]#[N+]c1ccc(OCCc2ccccc2)cc1. The lowest BCUT2D eigenvalue weighted by molar-refractivity contribution is 0.322. The van der Waals surface area contributed by atoms with Crippen molar-refractivity contribution in [3.8, 4) is 5.75 Å². The van der Waals surface area contributed by atoms with Crippen molar-refractivity contribution < 1.29 is 4.74 Å². The van der Waals surface area contributed by atoms with Gasteiger partial charge in [-0.05, 0) is 17.7 Å². The third-order valence-corrected chi connectivity index (χ3v) is 2.47. The Morgan fingerprint density at radius 2 is 1.65 bits per heavy atom. The molecule has 0 saturated carbocycles. The van der Waals surface area contributed by atoms with E-state index in [1.165, 1.54) is 5.56 Å². The van der Waals surface area contributed by atoms with E-state index in [0.717, 1.165) is 12.2 Å². The molecule has 0 saturated heterocycles. The van der Waals surface area contributed by atoms with E-state index in [4.69, 9.17) is 11.3 Å². The average molecular weight is 223 g/mol. The third kappa shape index (κ3) is 3.35. The molecule has 0 aliphatic rings. The van der Waals surface area contributed by atoms with Gasteiger partial charge in [-0.25, -0.2) is 4.85 Å². The predicted molar refractivity (Wildman–Crippen MR) is 68.3 cm³/mol. The lowest BCUT2D eigenvalue weighted by atomic mass is 10.2. The van der Waals surface area contributed by atoms with E-state index in [1.54, 1.807) is 12.1 Å². The van der Waals surface area contributed by atoms with Gasteiger partial charge < -0.3 is 4.74 Å².